The van der Waals surface area contributed by atoms with E-state index in [0.29, 0.717) is 13.2 Å². The van der Waals surface area contributed by atoms with Gasteiger partial charge in [-0.05, 0) is 50.8 Å². The third-order valence-electron chi connectivity index (χ3n) is 4.90. The van der Waals surface area contributed by atoms with Crippen LogP contribution in [0.25, 0.3) is 0 Å². The molecule has 0 aliphatic carbocycles. The number of hydrogen-bond donors (Lipinski definition) is 1. The van der Waals surface area contributed by atoms with Crippen LogP contribution >= 0.6 is 0 Å². The number of benzene rings is 1. The van der Waals surface area contributed by atoms with E-state index in [-0.39, 0.29) is 18.1 Å². The summed E-state index contributed by atoms with van der Waals surface area (Å²) in [7, 11) is 0. The van der Waals surface area contributed by atoms with E-state index in [2.05, 4.69) is 22.5 Å². The Morgan fingerprint density at radius 3 is 2.74 bits per heavy atom. The van der Waals surface area contributed by atoms with E-state index in [1.165, 1.54) is 0 Å². The van der Waals surface area contributed by atoms with Gasteiger partial charge in [0, 0.05) is 25.5 Å². The Kier molecular flexibility index (Phi) is 6.63. The average molecular weight is 371 g/mol. The first-order chi connectivity index (χ1) is 13.0. The largest absolute Gasteiger partial charge is 0.381 e. The first kappa shape index (κ1) is 19.6. The van der Waals surface area contributed by atoms with Gasteiger partial charge in [-0.25, -0.2) is 0 Å². The first-order valence-corrected chi connectivity index (χ1v) is 9.60. The quantitative estimate of drug-likeness (QED) is 0.812. The lowest BCUT2D eigenvalue weighted by Gasteiger charge is -2.22. The summed E-state index contributed by atoms with van der Waals surface area (Å²) in [6.45, 7) is 8.41. The summed E-state index contributed by atoms with van der Waals surface area (Å²) in [6, 6.07) is 9.82. The van der Waals surface area contributed by atoms with Crippen LogP contribution in [0, 0.1) is 13.8 Å². The Bertz CT molecular complexity index is 766. The maximum Gasteiger partial charge on any atom is 0.244 e. The van der Waals surface area contributed by atoms with Crippen molar-refractivity contribution in [1.82, 2.24) is 15.1 Å². The van der Waals surface area contributed by atoms with Crippen molar-refractivity contribution in [3.05, 3.63) is 52.8 Å². The molecule has 2 heterocycles. The predicted molar refractivity (Wildman–Crippen MR) is 103 cm³/mol. The maximum atomic E-state index is 12.5. The van der Waals surface area contributed by atoms with Crippen LogP contribution in [0.5, 0.6) is 0 Å². The molecule has 2 aromatic rings. The highest BCUT2D eigenvalue weighted by Gasteiger charge is 2.17. The summed E-state index contributed by atoms with van der Waals surface area (Å²) < 4.78 is 13.1. The van der Waals surface area contributed by atoms with Crippen molar-refractivity contribution in [3.8, 4) is 0 Å². The van der Waals surface area contributed by atoms with Crippen molar-refractivity contribution in [2.45, 2.75) is 58.9 Å². The molecular formula is C21H29N3O3. The van der Waals surface area contributed by atoms with Crippen LogP contribution in [0.15, 0.2) is 30.3 Å². The Labute approximate surface area is 160 Å². The first-order valence-electron chi connectivity index (χ1n) is 9.60. The normalized spacial score (nSPS) is 16.3. The second-order valence-electron chi connectivity index (χ2n) is 7.21. The van der Waals surface area contributed by atoms with Gasteiger partial charge in [-0.1, -0.05) is 24.3 Å². The molecule has 1 aliphatic heterocycles. The molecule has 27 heavy (non-hydrogen) atoms. The van der Waals surface area contributed by atoms with Crippen LogP contribution in [0.3, 0.4) is 0 Å². The Morgan fingerprint density at radius 1 is 1.30 bits per heavy atom. The third kappa shape index (κ3) is 5.40. The fraction of sp³-hybridized carbons (Fsp3) is 0.524. The monoisotopic (exact) mass is 371 g/mol. The predicted octanol–water partition coefficient (Wildman–Crippen LogP) is 3.07. The summed E-state index contributed by atoms with van der Waals surface area (Å²) in [6.07, 6.45) is 2.20. The van der Waals surface area contributed by atoms with Gasteiger partial charge < -0.3 is 14.8 Å². The molecule has 1 aliphatic rings. The van der Waals surface area contributed by atoms with E-state index < -0.39 is 0 Å². The van der Waals surface area contributed by atoms with Gasteiger partial charge in [0.15, 0.2) is 0 Å². The van der Waals surface area contributed by atoms with Crippen LogP contribution in [-0.4, -0.2) is 35.0 Å². The highest BCUT2D eigenvalue weighted by Crippen LogP contribution is 2.15. The molecule has 1 saturated heterocycles. The van der Waals surface area contributed by atoms with Crippen LogP contribution in [0.1, 0.15) is 48.3 Å². The van der Waals surface area contributed by atoms with Gasteiger partial charge in [0.1, 0.15) is 6.04 Å². The van der Waals surface area contributed by atoms with Gasteiger partial charge in [-0.2, -0.15) is 5.10 Å². The molecule has 6 heteroatoms. The van der Waals surface area contributed by atoms with Crippen molar-refractivity contribution in [1.29, 1.82) is 0 Å². The number of carbonyl (C=O) groups excluding carboxylic acids is 1. The SMILES string of the molecule is Cc1cc(C)n(C(C)C(=O)NCc2cccc(COC3CCOCC3)c2)n1. The standard InChI is InChI=1S/C21H29N3O3/c1-15-11-16(2)24(23-15)17(3)21(25)22-13-18-5-4-6-19(12-18)14-27-20-7-9-26-10-8-20/h4-6,11-12,17,20H,7-10,13-14H2,1-3H3,(H,22,25). The molecule has 0 radical (unpaired) electrons. The number of nitrogens with one attached hydrogen (secondary N) is 1. The number of carbonyl (C=O) groups is 1. The number of hydrogen-bond acceptors (Lipinski definition) is 4. The number of rotatable bonds is 7. The highest BCUT2D eigenvalue weighted by atomic mass is 16.5. The minimum Gasteiger partial charge on any atom is -0.381 e. The lowest BCUT2D eigenvalue weighted by molar-refractivity contribution is -0.124. The third-order valence-corrected chi connectivity index (χ3v) is 4.90. The van der Waals surface area contributed by atoms with Gasteiger partial charge in [-0.15, -0.1) is 0 Å². The zero-order valence-corrected chi connectivity index (χ0v) is 16.4. The van der Waals surface area contributed by atoms with E-state index in [1.807, 2.05) is 39.0 Å². The van der Waals surface area contributed by atoms with Gasteiger partial charge in [0.25, 0.3) is 0 Å². The van der Waals surface area contributed by atoms with Crippen LogP contribution in [-0.2, 0) is 27.4 Å². The number of amides is 1. The molecule has 0 spiro atoms. The van der Waals surface area contributed by atoms with Crippen LogP contribution in [0.4, 0.5) is 0 Å². The van der Waals surface area contributed by atoms with Crippen LogP contribution in [0.2, 0.25) is 0 Å². The molecule has 1 atom stereocenters. The molecule has 1 N–H and O–H groups in total. The van der Waals surface area contributed by atoms with Crippen molar-refractivity contribution >= 4 is 5.91 Å². The summed E-state index contributed by atoms with van der Waals surface area (Å²) in [5.74, 6) is -0.0370. The zero-order chi connectivity index (χ0) is 19.2. The minimum absolute atomic E-state index is 0.0370. The molecule has 146 valence electrons. The molecule has 6 nitrogen and oxygen atoms in total. The second-order valence-corrected chi connectivity index (χ2v) is 7.21. The van der Waals surface area contributed by atoms with Gasteiger partial charge >= 0.3 is 0 Å². The van der Waals surface area contributed by atoms with Gasteiger partial charge in [0.05, 0.1) is 18.4 Å². The average Bonchev–Trinajstić information content (AvgIpc) is 3.03. The van der Waals surface area contributed by atoms with Crippen LogP contribution < -0.4 is 5.32 Å². The van der Waals surface area contributed by atoms with Crippen molar-refractivity contribution in [2.75, 3.05) is 13.2 Å². The molecule has 1 fully saturated rings. The number of aryl methyl sites for hydroxylation is 2. The van der Waals surface area contributed by atoms with E-state index >= 15 is 0 Å². The Morgan fingerprint density at radius 2 is 2.04 bits per heavy atom. The molecule has 3 rings (SSSR count). The topological polar surface area (TPSA) is 65.4 Å². The number of ether oxygens (including phenoxy) is 2. The highest BCUT2D eigenvalue weighted by molar-refractivity contribution is 5.79. The fourth-order valence-electron chi connectivity index (χ4n) is 3.37. The molecule has 1 unspecified atom stereocenters. The smallest absolute Gasteiger partial charge is 0.244 e. The molecule has 1 amide bonds. The fourth-order valence-corrected chi connectivity index (χ4v) is 3.37. The van der Waals surface area contributed by atoms with E-state index in [1.54, 1.807) is 4.68 Å². The molecule has 1 aromatic carbocycles. The lowest BCUT2D eigenvalue weighted by Crippen LogP contribution is -2.31. The number of nitrogens with zero attached hydrogens (tertiary/aromatic N) is 2. The second kappa shape index (κ2) is 9.15. The van der Waals surface area contributed by atoms with Gasteiger partial charge in [0.2, 0.25) is 5.91 Å². The Hall–Kier alpha value is -2.18. The van der Waals surface area contributed by atoms with E-state index in [9.17, 15) is 4.79 Å². The van der Waals surface area contributed by atoms with Gasteiger partial charge in [-0.3, -0.25) is 9.48 Å². The maximum absolute atomic E-state index is 12.5. The minimum atomic E-state index is -0.335. The van der Waals surface area contributed by atoms with E-state index in [0.717, 1.165) is 48.6 Å². The van der Waals surface area contributed by atoms with Crippen molar-refractivity contribution < 1.29 is 14.3 Å². The summed E-state index contributed by atoms with van der Waals surface area (Å²) in [4.78, 5) is 12.5. The van der Waals surface area contributed by atoms with Crippen molar-refractivity contribution in [3.63, 3.8) is 0 Å². The molecule has 1 aromatic heterocycles. The zero-order valence-electron chi connectivity index (χ0n) is 16.4. The molecule has 0 saturated carbocycles. The lowest BCUT2D eigenvalue weighted by atomic mass is 10.1. The summed E-state index contributed by atoms with van der Waals surface area (Å²) in [5, 5.41) is 7.41. The Balaban J connectivity index is 1.51. The summed E-state index contributed by atoms with van der Waals surface area (Å²) in [5.41, 5.74) is 4.10. The van der Waals surface area contributed by atoms with E-state index in [4.69, 9.17) is 9.47 Å². The molecule has 0 bridgehead atoms. The van der Waals surface area contributed by atoms with Crippen molar-refractivity contribution in [2.24, 2.45) is 0 Å². The molecular weight excluding hydrogens is 342 g/mol. The number of aromatic nitrogens is 2. The summed E-state index contributed by atoms with van der Waals surface area (Å²) >= 11 is 0.